The van der Waals surface area contributed by atoms with Crippen LogP contribution in [-0.2, 0) is 6.54 Å². The molecule has 0 unspecified atom stereocenters. The largest absolute Gasteiger partial charge is 0.468 e. The predicted molar refractivity (Wildman–Crippen MR) is 78.1 cm³/mol. The molecule has 0 bridgehead atoms. The molecule has 8 heteroatoms. The van der Waals surface area contributed by atoms with Gasteiger partial charge in [0.1, 0.15) is 0 Å². The van der Waals surface area contributed by atoms with Crippen LogP contribution in [-0.4, -0.2) is 23.7 Å². The van der Waals surface area contributed by atoms with E-state index in [1.807, 2.05) is 6.07 Å². The van der Waals surface area contributed by atoms with Gasteiger partial charge in [-0.05, 0) is 29.8 Å². The van der Waals surface area contributed by atoms with Crippen LogP contribution in [0, 0.1) is 11.3 Å². The number of pyridine rings is 1. The van der Waals surface area contributed by atoms with Crippen LogP contribution in [0.15, 0.2) is 42.6 Å². The maximum Gasteiger partial charge on any atom is 0.422 e. The molecule has 2 aromatic rings. The number of rotatable bonds is 5. The first-order chi connectivity index (χ1) is 11.4. The maximum atomic E-state index is 12.0. The summed E-state index contributed by atoms with van der Waals surface area (Å²) in [7, 11) is 0. The number of carbonyl (C=O) groups is 1. The van der Waals surface area contributed by atoms with Gasteiger partial charge in [0, 0.05) is 24.4 Å². The molecule has 1 aromatic carbocycles. The number of nitrogens with one attached hydrogen (secondary N) is 1. The summed E-state index contributed by atoms with van der Waals surface area (Å²) in [6.45, 7) is -1.25. The molecule has 2 rings (SSSR count). The number of hydrogen-bond acceptors (Lipinski definition) is 4. The van der Waals surface area contributed by atoms with Crippen molar-refractivity contribution in [2.24, 2.45) is 0 Å². The number of ether oxygens (including phenoxy) is 1. The van der Waals surface area contributed by atoms with Gasteiger partial charge in [0.25, 0.3) is 5.91 Å². The summed E-state index contributed by atoms with van der Waals surface area (Å²) in [6.07, 6.45) is -3.10. The first-order valence-corrected chi connectivity index (χ1v) is 6.80. The summed E-state index contributed by atoms with van der Waals surface area (Å²) >= 11 is 0. The first-order valence-electron chi connectivity index (χ1n) is 6.80. The van der Waals surface area contributed by atoms with E-state index in [1.54, 1.807) is 0 Å². The van der Waals surface area contributed by atoms with Crippen molar-refractivity contribution in [1.29, 1.82) is 5.26 Å². The number of halogens is 3. The molecule has 1 N–H and O–H groups in total. The van der Waals surface area contributed by atoms with Crippen LogP contribution < -0.4 is 10.1 Å². The Morgan fingerprint density at radius 2 is 1.92 bits per heavy atom. The highest BCUT2D eigenvalue weighted by atomic mass is 19.4. The Kier molecular flexibility index (Phi) is 5.37. The normalized spacial score (nSPS) is 10.8. The number of carbonyl (C=O) groups excluding carboxylic acids is 1. The number of nitriles is 1. The molecule has 0 aliphatic heterocycles. The van der Waals surface area contributed by atoms with E-state index in [0.717, 1.165) is 0 Å². The summed E-state index contributed by atoms with van der Waals surface area (Å²) in [5.74, 6) is -0.480. The van der Waals surface area contributed by atoms with E-state index in [4.69, 9.17) is 5.26 Å². The Morgan fingerprint density at radius 1 is 1.21 bits per heavy atom. The molecule has 0 saturated heterocycles. The lowest BCUT2D eigenvalue weighted by Gasteiger charge is -2.09. The van der Waals surface area contributed by atoms with Crippen molar-refractivity contribution >= 4 is 5.91 Å². The van der Waals surface area contributed by atoms with Crippen LogP contribution in [0.4, 0.5) is 13.2 Å². The van der Waals surface area contributed by atoms with Crippen molar-refractivity contribution in [3.63, 3.8) is 0 Å². The Hall–Kier alpha value is -3.08. The lowest BCUT2D eigenvalue weighted by Crippen LogP contribution is -2.23. The van der Waals surface area contributed by atoms with Gasteiger partial charge in [0.05, 0.1) is 11.6 Å². The molecule has 0 radical (unpaired) electrons. The number of aromatic nitrogens is 1. The Labute approximate surface area is 135 Å². The third kappa shape index (κ3) is 5.28. The van der Waals surface area contributed by atoms with Gasteiger partial charge in [-0.25, -0.2) is 4.98 Å². The molecule has 0 aliphatic carbocycles. The molecule has 0 spiro atoms. The van der Waals surface area contributed by atoms with Gasteiger partial charge in [0.2, 0.25) is 5.88 Å². The second kappa shape index (κ2) is 7.46. The van der Waals surface area contributed by atoms with E-state index in [9.17, 15) is 18.0 Å². The van der Waals surface area contributed by atoms with E-state index in [1.165, 1.54) is 42.6 Å². The SMILES string of the molecule is N#Cc1ccc(C(=O)NCc2ccc(OCC(F)(F)F)nc2)cc1. The molecule has 0 atom stereocenters. The molecule has 5 nitrogen and oxygen atoms in total. The van der Waals surface area contributed by atoms with Crippen LogP contribution in [0.3, 0.4) is 0 Å². The van der Waals surface area contributed by atoms with Crippen LogP contribution in [0.25, 0.3) is 0 Å². The fraction of sp³-hybridized carbons (Fsp3) is 0.188. The molecule has 0 fully saturated rings. The minimum atomic E-state index is -4.42. The van der Waals surface area contributed by atoms with Crippen molar-refractivity contribution in [2.75, 3.05) is 6.61 Å². The average molecular weight is 335 g/mol. The molecule has 0 saturated carbocycles. The summed E-state index contributed by atoms with van der Waals surface area (Å²) in [5.41, 5.74) is 1.45. The average Bonchev–Trinajstić information content (AvgIpc) is 2.58. The number of amides is 1. The van der Waals surface area contributed by atoms with E-state index in [0.29, 0.717) is 16.7 Å². The topological polar surface area (TPSA) is 75.0 Å². The fourth-order valence-electron chi connectivity index (χ4n) is 1.74. The second-order valence-electron chi connectivity index (χ2n) is 4.78. The summed E-state index contributed by atoms with van der Waals surface area (Å²) < 4.78 is 40.6. The number of nitrogens with zero attached hydrogens (tertiary/aromatic N) is 2. The number of alkyl halides is 3. The summed E-state index contributed by atoms with van der Waals surface area (Å²) in [5, 5.41) is 11.3. The smallest absolute Gasteiger partial charge is 0.422 e. The van der Waals surface area contributed by atoms with Crippen molar-refractivity contribution in [3.05, 3.63) is 59.3 Å². The van der Waals surface area contributed by atoms with Gasteiger partial charge in [-0.1, -0.05) is 6.07 Å². The third-order valence-corrected chi connectivity index (χ3v) is 2.91. The van der Waals surface area contributed by atoms with Gasteiger partial charge in [-0.2, -0.15) is 18.4 Å². The van der Waals surface area contributed by atoms with Gasteiger partial charge >= 0.3 is 6.18 Å². The zero-order chi connectivity index (χ0) is 17.6. The molecule has 1 amide bonds. The minimum Gasteiger partial charge on any atom is -0.468 e. The van der Waals surface area contributed by atoms with Crippen LogP contribution in [0.1, 0.15) is 21.5 Å². The van der Waals surface area contributed by atoms with E-state index >= 15 is 0 Å². The first kappa shape index (κ1) is 17.3. The quantitative estimate of drug-likeness (QED) is 0.912. The lowest BCUT2D eigenvalue weighted by atomic mass is 10.1. The summed E-state index contributed by atoms with van der Waals surface area (Å²) in [4.78, 5) is 15.7. The molecular formula is C16H12F3N3O2. The minimum absolute atomic E-state index is 0.144. The predicted octanol–water partition coefficient (Wildman–Crippen LogP) is 2.82. The highest BCUT2D eigenvalue weighted by molar-refractivity contribution is 5.94. The monoisotopic (exact) mass is 335 g/mol. The Morgan fingerprint density at radius 3 is 2.46 bits per heavy atom. The van der Waals surface area contributed by atoms with Crippen LogP contribution in [0.5, 0.6) is 5.88 Å². The van der Waals surface area contributed by atoms with E-state index < -0.39 is 12.8 Å². The van der Waals surface area contributed by atoms with Crippen molar-refractivity contribution < 1.29 is 22.7 Å². The highest BCUT2D eigenvalue weighted by Crippen LogP contribution is 2.17. The standard InChI is InChI=1S/C16H12F3N3O2/c17-16(18,19)10-24-14-6-3-12(8-21-14)9-22-15(23)13-4-1-11(7-20)2-5-13/h1-6,8H,9-10H2,(H,22,23). The molecule has 1 aromatic heterocycles. The van der Waals surface area contributed by atoms with Crippen molar-refractivity contribution in [2.45, 2.75) is 12.7 Å². The zero-order valence-electron chi connectivity index (χ0n) is 12.3. The third-order valence-electron chi connectivity index (χ3n) is 2.91. The van der Waals surface area contributed by atoms with Crippen molar-refractivity contribution in [3.8, 4) is 11.9 Å². The zero-order valence-corrected chi connectivity index (χ0v) is 12.3. The summed E-state index contributed by atoms with van der Waals surface area (Å²) in [6, 6.07) is 10.9. The van der Waals surface area contributed by atoms with E-state index in [2.05, 4.69) is 15.0 Å². The van der Waals surface area contributed by atoms with E-state index in [-0.39, 0.29) is 18.3 Å². The molecule has 124 valence electrons. The lowest BCUT2D eigenvalue weighted by molar-refractivity contribution is -0.154. The molecule has 1 heterocycles. The second-order valence-corrected chi connectivity index (χ2v) is 4.78. The molecule has 0 aliphatic rings. The molecular weight excluding hydrogens is 323 g/mol. The fourth-order valence-corrected chi connectivity index (χ4v) is 1.74. The Balaban J connectivity index is 1.87. The number of hydrogen-bond donors (Lipinski definition) is 1. The van der Waals surface area contributed by atoms with Gasteiger partial charge in [-0.3, -0.25) is 4.79 Å². The highest BCUT2D eigenvalue weighted by Gasteiger charge is 2.28. The van der Waals surface area contributed by atoms with Crippen LogP contribution in [0.2, 0.25) is 0 Å². The van der Waals surface area contributed by atoms with Gasteiger partial charge < -0.3 is 10.1 Å². The van der Waals surface area contributed by atoms with Crippen LogP contribution >= 0.6 is 0 Å². The Bertz CT molecular complexity index is 735. The molecule has 24 heavy (non-hydrogen) atoms. The van der Waals surface area contributed by atoms with Gasteiger partial charge in [-0.15, -0.1) is 0 Å². The maximum absolute atomic E-state index is 12.0. The number of benzene rings is 1. The van der Waals surface area contributed by atoms with Crippen molar-refractivity contribution in [1.82, 2.24) is 10.3 Å². The van der Waals surface area contributed by atoms with Gasteiger partial charge in [0.15, 0.2) is 6.61 Å².